The summed E-state index contributed by atoms with van der Waals surface area (Å²) in [5.41, 5.74) is 2.18. The fourth-order valence-corrected chi connectivity index (χ4v) is 5.73. The summed E-state index contributed by atoms with van der Waals surface area (Å²) in [4.78, 5) is 29.5. The van der Waals surface area contributed by atoms with Crippen LogP contribution in [0.1, 0.15) is 33.0 Å². The number of ether oxygens (including phenoxy) is 1. The molecule has 0 saturated carbocycles. The lowest BCUT2D eigenvalue weighted by Crippen LogP contribution is -2.19. The second-order valence-corrected chi connectivity index (χ2v) is 8.85. The highest BCUT2D eigenvalue weighted by molar-refractivity contribution is 8.03. The van der Waals surface area contributed by atoms with Gasteiger partial charge in [0.25, 0.3) is 0 Å². The molecule has 2 aromatic rings. The molecule has 0 N–H and O–H groups in total. The van der Waals surface area contributed by atoms with Gasteiger partial charge in [0.1, 0.15) is 21.5 Å². The third-order valence-electron chi connectivity index (χ3n) is 4.87. The van der Waals surface area contributed by atoms with E-state index in [0.29, 0.717) is 9.91 Å². The third kappa shape index (κ3) is 3.46. The molecule has 0 unspecified atom stereocenters. The number of Topliss-reactive ketones (excluding diaryl/α,β-unsaturated/α-hetero) is 1. The van der Waals surface area contributed by atoms with E-state index < -0.39 is 18.4 Å². The van der Waals surface area contributed by atoms with Crippen molar-refractivity contribution in [2.24, 2.45) is 0 Å². The zero-order chi connectivity index (χ0) is 19.7. The maximum Gasteiger partial charge on any atom is 0.348 e. The van der Waals surface area contributed by atoms with Crippen LogP contribution in [0.25, 0.3) is 0 Å². The molecule has 0 spiro atoms. The molecule has 1 aliphatic carbocycles. The van der Waals surface area contributed by atoms with Crippen molar-refractivity contribution in [3.63, 3.8) is 0 Å². The fraction of sp³-hybridized carbons (Fsp3) is 0.286. The van der Waals surface area contributed by atoms with E-state index in [1.165, 1.54) is 33.5 Å². The molecule has 1 aromatic heterocycles. The van der Waals surface area contributed by atoms with Crippen LogP contribution in [0.3, 0.4) is 0 Å². The Labute approximate surface area is 171 Å². The van der Waals surface area contributed by atoms with Crippen LogP contribution in [0.5, 0.6) is 0 Å². The Morgan fingerprint density at radius 1 is 1.25 bits per heavy atom. The summed E-state index contributed by atoms with van der Waals surface area (Å²) in [5, 5.41) is 10.1. The van der Waals surface area contributed by atoms with Gasteiger partial charge in [0, 0.05) is 16.8 Å². The van der Waals surface area contributed by atoms with Gasteiger partial charge in [-0.3, -0.25) is 4.79 Å². The number of carbonyl (C=O) groups is 2. The van der Waals surface area contributed by atoms with Crippen molar-refractivity contribution < 1.29 is 14.3 Å². The van der Waals surface area contributed by atoms with Gasteiger partial charge in [-0.25, -0.2) is 4.79 Å². The Hall–Kier alpha value is -2.56. The molecule has 0 fully saturated rings. The molecule has 2 heterocycles. The zero-order valence-electron chi connectivity index (χ0n) is 15.4. The van der Waals surface area contributed by atoms with Crippen LogP contribution in [0.2, 0.25) is 0 Å². The molecule has 7 heteroatoms. The quantitative estimate of drug-likeness (QED) is 0.424. The Morgan fingerprint density at radius 3 is 2.79 bits per heavy atom. The Morgan fingerprint density at radius 2 is 2.04 bits per heavy atom. The number of anilines is 1. The standard InChI is InChI=1S/C21H18N2O3S2/c1-23-15-7-3-5-9-18(15)28-20(23)14(11-22)16(24)12-26-21(25)19-10-13-6-2-4-8-17(13)27-19/h3,5,7,9-10H,2,4,6,8,12H2,1H3/b20-14-. The first-order chi connectivity index (χ1) is 13.6. The minimum absolute atomic E-state index is 0.0157. The van der Waals surface area contributed by atoms with E-state index in [1.807, 2.05) is 48.3 Å². The number of aryl methyl sites for hydroxylation is 2. The normalized spacial score (nSPS) is 16.8. The largest absolute Gasteiger partial charge is 0.453 e. The van der Waals surface area contributed by atoms with E-state index in [1.54, 1.807) is 0 Å². The number of hydrogen-bond acceptors (Lipinski definition) is 7. The van der Waals surface area contributed by atoms with Crippen LogP contribution in [0, 0.1) is 11.3 Å². The van der Waals surface area contributed by atoms with Crippen molar-refractivity contribution in [1.82, 2.24) is 0 Å². The van der Waals surface area contributed by atoms with Crippen LogP contribution in [-0.2, 0) is 22.4 Å². The summed E-state index contributed by atoms with van der Waals surface area (Å²) >= 11 is 2.83. The SMILES string of the molecule is CN1/C(=C(\C#N)C(=O)COC(=O)c2cc3c(s2)CCCC3)Sc2ccccc21. The minimum atomic E-state index is -0.495. The topological polar surface area (TPSA) is 70.4 Å². The molecule has 28 heavy (non-hydrogen) atoms. The number of hydrogen-bond donors (Lipinski definition) is 0. The molecule has 1 aromatic carbocycles. The number of para-hydroxylation sites is 1. The van der Waals surface area contributed by atoms with E-state index in [9.17, 15) is 14.9 Å². The number of fused-ring (bicyclic) bond motifs is 2. The fourth-order valence-electron chi connectivity index (χ4n) is 3.42. The monoisotopic (exact) mass is 410 g/mol. The lowest BCUT2D eigenvalue weighted by molar-refractivity contribution is -0.118. The number of ketones is 1. The van der Waals surface area contributed by atoms with Crippen molar-refractivity contribution in [3.05, 3.63) is 56.3 Å². The Kier molecular flexibility index (Phi) is 5.25. The molecular weight excluding hydrogens is 392 g/mol. The maximum absolute atomic E-state index is 12.6. The summed E-state index contributed by atoms with van der Waals surface area (Å²) < 4.78 is 5.23. The maximum atomic E-state index is 12.6. The molecule has 142 valence electrons. The summed E-state index contributed by atoms with van der Waals surface area (Å²) in [5.74, 6) is -0.981. The highest BCUT2D eigenvalue weighted by atomic mass is 32.2. The van der Waals surface area contributed by atoms with Gasteiger partial charge < -0.3 is 9.64 Å². The lowest BCUT2D eigenvalue weighted by Gasteiger charge is -2.14. The number of benzene rings is 1. The van der Waals surface area contributed by atoms with E-state index in [0.717, 1.165) is 36.3 Å². The first-order valence-corrected chi connectivity index (χ1v) is 10.7. The van der Waals surface area contributed by atoms with Gasteiger partial charge in [0.15, 0.2) is 6.61 Å². The highest BCUT2D eigenvalue weighted by Gasteiger charge is 2.28. The van der Waals surface area contributed by atoms with Crippen LogP contribution in [0.15, 0.2) is 45.8 Å². The number of thiophene rings is 1. The van der Waals surface area contributed by atoms with Crippen molar-refractivity contribution >= 4 is 40.5 Å². The van der Waals surface area contributed by atoms with Crippen molar-refractivity contribution in [1.29, 1.82) is 5.26 Å². The second-order valence-electron chi connectivity index (χ2n) is 6.69. The first-order valence-electron chi connectivity index (χ1n) is 9.05. The van der Waals surface area contributed by atoms with Crippen molar-refractivity contribution in [3.8, 4) is 6.07 Å². The van der Waals surface area contributed by atoms with Gasteiger partial charge in [0.2, 0.25) is 5.78 Å². The molecule has 0 amide bonds. The summed E-state index contributed by atoms with van der Waals surface area (Å²) in [7, 11) is 1.82. The first kappa shape index (κ1) is 18.8. The third-order valence-corrected chi connectivity index (χ3v) is 7.33. The number of carbonyl (C=O) groups excluding carboxylic acids is 2. The van der Waals surface area contributed by atoms with E-state index in [2.05, 4.69) is 0 Å². The van der Waals surface area contributed by atoms with Gasteiger partial charge in [-0.15, -0.1) is 11.3 Å². The van der Waals surface area contributed by atoms with Crippen LogP contribution in [-0.4, -0.2) is 25.4 Å². The van der Waals surface area contributed by atoms with Crippen LogP contribution in [0.4, 0.5) is 5.69 Å². The van der Waals surface area contributed by atoms with E-state index >= 15 is 0 Å². The summed E-state index contributed by atoms with van der Waals surface area (Å²) in [6.45, 7) is -0.432. The predicted molar refractivity (Wildman–Crippen MR) is 110 cm³/mol. The Bertz CT molecular complexity index is 1010. The number of rotatable bonds is 4. The van der Waals surface area contributed by atoms with E-state index in [-0.39, 0.29) is 5.57 Å². The smallest absolute Gasteiger partial charge is 0.348 e. The molecule has 4 rings (SSSR count). The van der Waals surface area contributed by atoms with Gasteiger partial charge in [0.05, 0.1) is 5.69 Å². The number of esters is 1. The van der Waals surface area contributed by atoms with Gasteiger partial charge in [-0.1, -0.05) is 23.9 Å². The average Bonchev–Trinajstić information content (AvgIpc) is 3.29. The van der Waals surface area contributed by atoms with E-state index in [4.69, 9.17) is 4.74 Å². The second kappa shape index (κ2) is 7.82. The molecule has 5 nitrogen and oxygen atoms in total. The molecule has 0 saturated heterocycles. The van der Waals surface area contributed by atoms with Crippen molar-refractivity contribution in [2.75, 3.05) is 18.6 Å². The van der Waals surface area contributed by atoms with Gasteiger partial charge in [-0.2, -0.15) is 5.26 Å². The van der Waals surface area contributed by atoms with Crippen LogP contribution >= 0.6 is 23.1 Å². The summed E-state index contributed by atoms with van der Waals surface area (Å²) in [6, 6.07) is 11.6. The molecule has 0 radical (unpaired) electrons. The molecule has 0 atom stereocenters. The molecule has 1 aliphatic heterocycles. The number of thioether (sulfide) groups is 1. The minimum Gasteiger partial charge on any atom is -0.453 e. The van der Waals surface area contributed by atoms with Crippen molar-refractivity contribution in [2.45, 2.75) is 30.6 Å². The summed E-state index contributed by atoms with van der Waals surface area (Å²) in [6.07, 6.45) is 4.28. The average molecular weight is 411 g/mol. The molecule has 2 aliphatic rings. The zero-order valence-corrected chi connectivity index (χ0v) is 17.0. The number of nitrogens with zero attached hydrogens (tertiary/aromatic N) is 2. The predicted octanol–water partition coefficient (Wildman–Crippen LogP) is 4.33. The van der Waals surface area contributed by atoms with Gasteiger partial charge >= 0.3 is 5.97 Å². The molecule has 0 bridgehead atoms. The highest BCUT2D eigenvalue weighted by Crippen LogP contribution is 2.46. The number of nitriles is 1. The molecular formula is C21H18N2O3S2. The lowest BCUT2D eigenvalue weighted by atomic mass is 9.99. The van der Waals surface area contributed by atoms with Crippen LogP contribution < -0.4 is 4.90 Å². The Balaban J connectivity index is 1.46. The van der Waals surface area contributed by atoms with Gasteiger partial charge in [-0.05, 0) is 49.4 Å².